The molecule has 0 N–H and O–H groups in total. The lowest BCUT2D eigenvalue weighted by atomic mass is 9.87. The number of hydrogen-bond donors (Lipinski definition) is 0. The highest BCUT2D eigenvalue weighted by Crippen LogP contribution is 2.30. The Balaban J connectivity index is 2.22. The van der Waals surface area contributed by atoms with Crippen molar-refractivity contribution in [2.24, 2.45) is 5.92 Å². The Bertz CT molecular complexity index is 564. The van der Waals surface area contributed by atoms with Crippen molar-refractivity contribution in [1.29, 1.82) is 0 Å². The molecule has 1 aliphatic heterocycles. The average Bonchev–Trinajstić information content (AvgIpc) is 2.56. The highest BCUT2D eigenvalue weighted by Gasteiger charge is 2.19. The van der Waals surface area contributed by atoms with E-state index < -0.39 is 0 Å². The first-order valence-electron chi connectivity index (χ1n) is 8.05. The maximum atomic E-state index is 11.8. The van der Waals surface area contributed by atoms with Gasteiger partial charge in [-0.05, 0) is 75.6 Å². The van der Waals surface area contributed by atoms with Crippen LogP contribution in [0.3, 0.4) is 0 Å². The molecule has 2 radical (unpaired) electrons. The van der Waals surface area contributed by atoms with Crippen LogP contribution < -0.4 is 4.81 Å². The first-order chi connectivity index (χ1) is 11.0. The van der Waals surface area contributed by atoms with Gasteiger partial charge < -0.3 is 14.4 Å². The number of likely N-dealkylation sites (tertiary alicyclic amines) is 1. The first kappa shape index (κ1) is 17.6. The number of ether oxygens (including phenoxy) is 1. The Morgan fingerprint density at radius 3 is 2.74 bits per heavy atom. The maximum absolute atomic E-state index is 11.8. The molecule has 1 fully saturated rings. The number of esters is 1. The molecule has 0 amide bonds. The van der Waals surface area contributed by atoms with Crippen molar-refractivity contribution in [3.63, 3.8) is 0 Å². The van der Waals surface area contributed by atoms with E-state index in [-0.39, 0.29) is 5.97 Å². The normalized spacial score (nSPS) is 17.1. The third kappa shape index (κ3) is 5.14. The summed E-state index contributed by atoms with van der Waals surface area (Å²) in [4.78, 5) is 15.7. The summed E-state index contributed by atoms with van der Waals surface area (Å²) in [6, 6.07) is 7.96. The summed E-state index contributed by atoms with van der Waals surface area (Å²) in [6.07, 6.45) is 4.83. The van der Waals surface area contributed by atoms with Gasteiger partial charge in [0.05, 0.1) is 7.11 Å². The molecule has 122 valence electrons. The highest BCUT2D eigenvalue weighted by atomic mass is 16.5. The molecule has 4 nitrogen and oxygen atoms in total. The Labute approximate surface area is 140 Å². The second kappa shape index (κ2) is 8.20. The van der Waals surface area contributed by atoms with Gasteiger partial charge >= 0.3 is 5.97 Å². The van der Waals surface area contributed by atoms with E-state index in [9.17, 15) is 4.79 Å². The minimum absolute atomic E-state index is 0.306. The molecule has 0 aliphatic carbocycles. The monoisotopic (exact) mass is 312 g/mol. The topological polar surface area (TPSA) is 32.8 Å². The van der Waals surface area contributed by atoms with Crippen LogP contribution in [0, 0.1) is 5.92 Å². The maximum Gasteiger partial charge on any atom is 0.330 e. The molecule has 1 heterocycles. The number of piperidine rings is 1. The lowest BCUT2D eigenvalue weighted by Gasteiger charge is -2.29. The van der Waals surface area contributed by atoms with Crippen molar-refractivity contribution in [1.82, 2.24) is 4.90 Å². The predicted molar refractivity (Wildman–Crippen MR) is 95.4 cm³/mol. The van der Waals surface area contributed by atoms with Crippen molar-refractivity contribution in [3.8, 4) is 0 Å². The fourth-order valence-corrected chi connectivity index (χ4v) is 2.96. The first-order valence-corrected chi connectivity index (χ1v) is 8.05. The van der Waals surface area contributed by atoms with Gasteiger partial charge in [-0.15, -0.1) is 0 Å². The number of nitrogens with zero attached hydrogens (tertiary/aromatic N) is 2. The van der Waals surface area contributed by atoms with E-state index in [1.165, 1.54) is 7.11 Å². The largest absolute Gasteiger partial charge is 0.466 e. The number of anilines is 1. The molecule has 1 aromatic rings. The van der Waals surface area contributed by atoms with Crippen LogP contribution in [0.1, 0.15) is 24.8 Å². The molecule has 0 bridgehead atoms. The molecule has 0 atom stereocenters. The molecule has 5 heteroatoms. The Morgan fingerprint density at radius 1 is 1.43 bits per heavy atom. The van der Waals surface area contributed by atoms with Gasteiger partial charge in [-0.25, -0.2) is 4.79 Å². The molecule has 23 heavy (non-hydrogen) atoms. The lowest BCUT2D eigenvalue weighted by molar-refractivity contribution is -0.134. The standard InChI is InChI=1S/C18H25BN2O2/c1-20-9-7-14(8-10-20)11-16(13-18(22)23-3)15-5-4-6-17(12-15)21(2)19/h4-6,12-14H,7-11H2,1-3H3/b16-13-. The van der Waals surface area contributed by atoms with Crippen molar-refractivity contribution in [2.45, 2.75) is 19.3 Å². The van der Waals surface area contributed by atoms with Crippen LogP contribution in [-0.2, 0) is 9.53 Å². The Hall–Kier alpha value is -1.75. The third-order valence-corrected chi connectivity index (χ3v) is 4.46. The fourth-order valence-electron chi connectivity index (χ4n) is 2.96. The van der Waals surface area contributed by atoms with Gasteiger partial charge in [-0.2, -0.15) is 0 Å². The molecule has 0 unspecified atom stereocenters. The SMILES string of the molecule is [B]N(C)c1cccc(/C(=C\C(=O)OC)CC2CCN(C)CC2)c1. The average molecular weight is 312 g/mol. The summed E-state index contributed by atoms with van der Waals surface area (Å²) >= 11 is 0. The fraction of sp³-hybridized carbons (Fsp3) is 0.500. The van der Waals surface area contributed by atoms with Crippen LogP contribution >= 0.6 is 0 Å². The summed E-state index contributed by atoms with van der Waals surface area (Å²) in [5.41, 5.74) is 2.97. The number of methoxy groups -OCH3 is 1. The molecular formula is C18H25BN2O2. The highest BCUT2D eigenvalue weighted by molar-refractivity contribution is 6.17. The van der Waals surface area contributed by atoms with Gasteiger partial charge in [-0.1, -0.05) is 12.1 Å². The van der Waals surface area contributed by atoms with E-state index >= 15 is 0 Å². The van der Waals surface area contributed by atoms with Crippen LogP contribution in [-0.4, -0.2) is 53.1 Å². The number of benzene rings is 1. The molecule has 1 saturated heterocycles. The second-order valence-electron chi connectivity index (χ2n) is 6.30. The van der Waals surface area contributed by atoms with Crippen LogP contribution in [0.2, 0.25) is 0 Å². The number of hydrogen-bond acceptors (Lipinski definition) is 4. The van der Waals surface area contributed by atoms with E-state index in [1.807, 2.05) is 24.3 Å². The zero-order chi connectivity index (χ0) is 16.8. The van der Waals surface area contributed by atoms with E-state index in [0.29, 0.717) is 5.92 Å². The lowest BCUT2D eigenvalue weighted by Crippen LogP contribution is -2.30. The smallest absolute Gasteiger partial charge is 0.330 e. The molecule has 0 spiro atoms. The molecule has 1 aliphatic rings. The minimum Gasteiger partial charge on any atom is -0.466 e. The molecule has 1 aromatic carbocycles. The van der Waals surface area contributed by atoms with Gasteiger partial charge in [0.15, 0.2) is 0 Å². The summed E-state index contributed by atoms with van der Waals surface area (Å²) in [5, 5.41) is 0. The van der Waals surface area contributed by atoms with Crippen molar-refractivity contribution in [2.75, 3.05) is 39.1 Å². The minimum atomic E-state index is -0.306. The number of carbonyl (C=O) groups is 1. The predicted octanol–water partition coefficient (Wildman–Crippen LogP) is 2.49. The third-order valence-electron chi connectivity index (χ3n) is 4.46. The second-order valence-corrected chi connectivity index (χ2v) is 6.30. The zero-order valence-corrected chi connectivity index (χ0v) is 14.3. The van der Waals surface area contributed by atoms with Gasteiger partial charge in [0.25, 0.3) is 0 Å². The number of carbonyl (C=O) groups excluding carboxylic acids is 1. The molecular weight excluding hydrogens is 287 g/mol. The summed E-state index contributed by atoms with van der Waals surface area (Å²) < 4.78 is 4.83. The van der Waals surface area contributed by atoms with Crippen LogP contribution in [0.15, 0.2) is 30.3 Å². The Kier molecular flexibility index (Phi) is 6.28. The number of rotatable bonds is 5. The van der Waals surface area contributed by atoms with Crippen LogP contribution in [0.4, 0.5) is 5.69 Å². The quantitative estimate of drug-likeness (QED) is 0.475. The van der Waals surface area contributed by atoms with E-state index in [1.54, 1.807) is 17.9 Å². The molecule has 0 saturated carbocycles. The van der Waals surface area contributed by atoms with Gasteiger partial charge in [0, 0.05) is 11.8 Å². The van der Waals surface area contributed by atoms with E-state index in [2.05, 4.69) is 11.9 Å². The van der Waals surface area contributed by atoms with Gasteiger partial charge in [0.1, 0.15) is 0 Å². The van der Waals surface area contributed by atoms with E-state index in [4.69, 9.17) is 12.7 Å². The van der Waals surface area contributed by atoms with E-state index in [0.717, 1.165) is 49.2 Å². The number of allylic oxidation sites excluding steroid dienone is 1. The van der Waals surface area contributed by atoms with Crippen molar-refractivity contribution >= 4 is 25.2 Å². The summed E-state index contributed by atoms with van der Waals surface area (Å²) in [5.74, 6) is 0.292. The van der Waals surface area contributed by atoms with Gasteiger partial charge in [-0.3, -0.25) is 0 Å². The summed E-state index contributed by atoms with van der Waals surface area (Å²) in [6.45, 7) is 2.23. The zero-order valence-electron chi connectivity index (χ0n) is 14.3. The van der Waals surface area contributed by atoms with Crippen molar-refractivity contribution < 1.29 is 9.53 Å². The summed E-state index contributed by atoms with van der Waals surface area (Å²) in [7, 11) is 11.2. The van der Waals surface area contributed by atoms with Crippen molar-refractivity contribution in [3.05, 3.63) is 35.9 Å². The van der Waals surface area contributed by atoms with Crippen LogP contribution in [0.5, 0.6) is 0 Å². The molecule has 0 aromatic heterocycles. The molecule has 2 rings (SSSR count). The Morgan fingerprint density at radius 2 is 2.13 bits per heavy atom. The van der Waals surface area contributed by atoms with Gasteiger partial charge in [0.2, 0.25) is 7.98 Å². The van der Waals surface area contributed by atoms with Crippen LogP contribution in [0.25, 0.3) is 5.57 Å².